The van der Waals surface area contributed by atoms with Crippen molar-refractivity contribution in [2.24, 2.45) is 0 Å². The molecule has 2 N–H and O–H groups in total. The third kappa shape index (κ3) is 4.03. The van der Waals surface area contributed by atoms with Crippen LogP contribution >= 0.6 is 0 Å². The number of para-hydroxylation sites is 1. The molecule has 3 aromatic rings. The van der Waals surface area contributed by atoms with E-state index in [1.165, 1.54) is 5.69 Å². The Morgan fingerprint density at radius 2 is 1.68 bits per heavy atom. The molecule has 1 saturated heterocycles. The summed E-state index contributed by atoms with van der Waals surface area (Å²) in [5.74, 6) is 0.355. The lowest BCUT2D eigenvalue weighted by Crippen LogP contribution is -2.47. The van der Waals surface area contributed by atoms with Crippen molar-refractivity contribution in [1.29, 1.82) is 0 Å². The van der Waals surface area contributed by atoms with Gasteiger partial charge < -0.3 is 20.2 Å². The SMILES string of the molecule is O=C(O)c1cccc(Nc2ccnc(N3CCN(c4ccccc4)CC3)n2)c1. The fourth-order valence-corrected chi connectivity index (χ4v) is 3.25. The highest BCUT2D eigenvalue weighted by atomic mass is 16.4. The zero-order valence-corrected chi connectivity index (χ0v) is 15.3. The minimum atomic E-state index is -0.955. The van der Waals surface area contributed by atoms with Crippen LogP contribution in [0, 0.1) is 0 Å². The molecule has 7 nitrogen and oxygen atoms in total. The van der Waals surface area contributed by atoms with E-state index in [1.54, 1.807) is 30.5 Å². The molecule has 0 atom stereocenters. The number of nitrogens with zero attached hydrogens (tertiary/aromatic N) is 4. The summed E-state index contributed by atoms with van der Waals surface area (Å²) >= 11 is 0. The average molecular weight is 375 g/mol. The van der Waals surface area contributed by atoms with Crippen LogP contribution in [-0.2, 0) is 0 Å². The summed E-state index contributed by atoms with van der Waals surface area (Å²) in [6.07, 6.45) is 1.72. The van der Waals surface area contributed by atoms with E-state index < -0.39 is 5.97 Å². The first-order valence-electron chi connectivity index (χ1n) is 9.17. The summed E-state index contributed by atoms with van der Waals surface area (Å²) in [6, 6.07) is 18.8. The molecule has 2 heterocycles. The molecular formula is C21H21N5O2. The Morgan fingerprint density at radius 3 is 2.43 bits per heavy atom. The van der Waals surface area contributed by atoms with Gasteiger partial charge in [-0.25, -0.2) is 9.78 Å². The Labute approximate surface area is 163 Å². The van der Waals surface area contributed by atoms with Crippen LogP contribution in [0.1, 0.15) is 10.4 Å². The monoisotopic (exact) mass is 375 g/mol. The summed E-state index contributed by atoms with van der Waals surface area (Å²) in [7, 11) is 0. The normalized spacial score (nSPS) is 14.0. The minimum absolute atomic E-state index is 0.233. The molecule has 1 aromatic heterocycles. The van der Waals surface area contributed by atoms with Crippen LogP contribution in [0.5, 0.6) is 0 Å². The smallest absolute Gasteiger partial charge is 0.335 e. The Kier molecular flexibility index (Phi) is 5.05. The van der Waals surface area contributed by atoms with E-state index >= 15 is 0 Å². The molecular weight excluding hydrogens is 354 g/mol. The van der Waals surface area contributed by atoms with Gasteiger partial charge in [0.15, 0.2) is 0 Å². The number of aromatic carboxylic acids is 1. The highest BCUT2D eigenvalue weighted by Crippen LogP contribution is 2.20. The second kappa shape index (κ2) is 7.96. The summed E-state index contributed by atoms with van der Waals surface area (Å²) in [5.41, 5.74) is 2.14. The highest BCUT2D eigenvalue weighted by molar-refractivity contribution is 5.89. The van der Waals surface area contributed by atoms with Crippen molar-refractivity contribution >= 4 is 29.1 Å². The van der Waals surface area contributed by atoms with Gasteiger partial charge in [-0.05, 0) is 36.4 Å². The van der Waals surface area contributed by atoms with Crippen molar-refractivity contribution in [2.75, 3.05) is 41.3 Å². The number of piperazine rings is 1. The fourth-order valence-electron chi connectivity index (χ4n) is 3.25. The molecule has 0 unspecified atom stereocenters. The molecule has 0 bridgehead atoms. The number of carboxylic acid groups (broad SMARTS) is 1. The lowest BCUT2D eigenvalue weighted by Gasteiger charge is -2.36. The van der Waals surface area contributed by atoms with Gasteiger partial charge in [0.05, 0.1) is 5.56 Å². The maximum absolute atomic E-state index is 11.1. The lowest BCUT2D eigenvalue weighted by atomic mass is 10.2. The standard InChI is InChI=1S/C21H21N5O2/c27-20(28)16-5-4-6-17(15-16)23-19-9-10-22-21(24-19)26-13-11-25(12-14-26)18-7-2-1-3-8-18/h1-10,15H,11-14H2,(H,27,28)(H,22,23,24). The van der Waals surface area contributed by atoms with Crippen molar-refractivity contribution < 1.29 is 9.90 Å². The molecule has 1 fully saturated rings. The summed E-state index contributed by atoms with van der Waals surface area (Å²) in [6.45, 7) is 3.50. The van der Waals surface area contributed by atoms with E-state index in [2.05, 4.69) is 49.4 Å². The summed E-state index contributed by atoms with van der Waals surface area (Å²) in [4.78, 5) is 24.7. The van der Waals surface area contributed by atoms with E-state index in [4.69, 9.17) is 5.11 Å². The zero-order valence-electron chi connectivity index (χ0n) is 15.3. The quantitative estimate of drug-likeness (QED) is 0.708. The Morgan fingerprint density at radius 1 is 0.929 bits per heavy atom. The van der Waals surface area contributed by atoms with Crippen molar-refractivity contribution in [3.63, 3.8) is 0 Å². The summed E-state index contributed by atoms with van der Waals surface area (Å²) in [5, 5.41) is 12.3. The van der Waals surface area contributed by atoms with Crippen molar-refractivity contribution in [3.05, 3.63) is 72.4 Å². The van der Waals surface area contributed by atoms with Gasteiger partial charge in [-0.15, -0.1) is 0 Å². The molecule has 0 saturated carbocycles. The molecule has 142 valence electrons. The van der Waals surface area contributed by atoms with E-state index in [0.717, 1.165) is 26.2 Å². The number of anilines is 4. The predicted molar refractivity (Wildman–Crippen MR) is 110 cm³/mol. The number of carbonyl (C=O) groups is 1. The van der Waals surface area contributed by atoms with Crippen LogP contribution in [0.15, 0.2) is 66.9 Å². The molecule has 2 aromatic carbocycles. The number of nitrogens with one attached hydrogen (secondary N) is 1. The first-order valence-corrected chi connectivity index (χ1v) is 9.17. The maximum Gasteiger partial charge on any atom is 0.335 e. The van der Waals surface area contributed by atoms with Crippen molar-refractivity contribution in [3.8, 4) is 0 Å². The van der Waals surface area contributed by atoms with Crippen LogP contribution in [0.25, 0.3) is 0 Å². The van der Waals surface area contributed by atoms with Crippen molar-refractivity contribution in [2.45, 2.75) is 0 Å². The number of hydrogen-bond donors (Lipinski definition) is 2. The van der Waals surface area contributed by atoms with Crippen molar-refractivity contribution in [1.82, 2.24) is 9.97 Å². The third-order valence-electron chi connectivity index (χ3n) is 4.71. The topological polar surface area (TPSA) is 81.6 Å². The number of aromatic nitrogens is 2. The molecule has 28 heavy (non-hydrogen) atoms. The number of carboxylic acids is 1. The van der Waals surface area contributed by atoms with Gasteiger partial charge in [0.25, 0.3) is 0 Å². The van der Waals surface area contributed by atoms with E-state index in [1.807, 2.05) is 12.1 Å². The lowest BCUT2D eigenvalue weighted by molar-refractivity contribution is 0.0697. The Hall–Kier alpha value is -3.61. The van der Waals surface area contributed by atoms with E-state index in [9.17, 15) is 4.79 Å². The van der Waals surface area contributed by atoms with Gasteiger partial charge in [-0.1, -0.05) is 24.3 Å². The van der Waals surface area contributed by atoms with E-state index in [0.29, 0.717) is 17.5 Å². The van der Waals surface area contributed by atoms with Crippen LogP contribution < -0.4 is 15.1 Å². The van der Waals surface area contributed by atoms with Crippen LogP contribution in [0.3, 0.4) is 0 Å². The van der Waals surface area contributed by atoms with Gasteiger partial charge >= 0.3 is 5.97 Å². The highest BCUT2D eigenvalue weighted by Gasteiger charge is 2.19. The predicted octanol–water partition coefficient (Wildman–Crippen LogP) is 3.25. The Bertz CT molecular complexity index is 956. The van der Waals surface area contributed by atoms with Gasteiger partial charge in [0, 0.05) is 43.8 Å². The van der Waals surface area contributed by atoms with Crippen LogP contribution in [0.2, 0.25) is 0 Å². The molecule has 4 rings (SSSR count). The second-order valence-electron chi connectivity index (χ2n) is 6.56. The number of rotatable bonds is 5. The van der Waals surface area contributed by atoms with E-state index in [-0.39, 0.29) is 5.56 Å². The number of benzene rings is 2. The Balaban J connectivity index is 1.43. The summed E-state index contributed by atoms with van der Waals surface area (Å²) < 4.78 is 0. The molecule has 0 radical (unpaired) electrons. The molecule has 7 heteroatoms. The molecule has 0 amide bonds. The molecule has 1 aliphatic heterocycles. The largest absolute Gasteiger partial charge is 0.478 e. The first-order chi connectivity index (χ1) is 13.7. The van der Waals surface area contributed by atoms with Gasteiger partial charge in [-0.3, -0.25) is 0 Å². The van der Waals surface area contributed by atoms with Gasteiger partial charge in [-0.2, -0.15) is 4.98 Å². The van der Waals surface area contributed by atoms with Gasteiger partial charge in [0.1, 0.15) is 5.82 Å². The van der Waals surface area contributed by atoms with Crippen LogP contribution in [0.4, 0.5) is 23.1 Å². The molecule has 0 aliphatic carbocycles. The van der Waals surface area contributed by atoms with Gasteiger partial charge in [0.2, 0.25) is 5.95 Å². The maximum atomic E-state index is 11.1. The minimum Gasteiger partial charge on any atom is -0.478 e. The third-order valence-corrected chi connectivity index (χ3v) is 4.71. The molecule has 0 spiro atoms. The molecule has 1 aliphatic rings. The fraction of sp³-hybridized carbons (Fsp3) is 0.190. The average Bonchev–Trinajstić information content (AvgIpc) is 2.75. The number of hydrogen-bond acceptors (Lipinski definition) is 6. The second-order valence-corrected chi connectivity index (χ2v) is 6.56. The zero-order chi connectivity index (χ0) is 19.3. The van der Waals surface area contributed by atoms with Crippen LogP contribution in [-0.4, -0.2) is 47.2 Å². The first kappa shape index (κ1) is 17.8.